The van der Waals surface area contributed by atoms with E-state index in [1.54, 1.807) is 31.3 Å². The molecule has 0 bridgehead atoms. The van der Waals surface area contributed by atoms with Crippen LogP contribution in [-0.2, 0) is 0 Å². The zero-order valence-electron chi connectivity index (χ0n) is 11.5. The van der Waals surface area contributed by atoms with E-state index in [0.29, 0.717) is 21.2 Å². The second-order valence-electron chi connectivity index (χ2n) is 4.46. The highest BCUT2D eigenvalue weighted by Crippen LogP contribution is 2.29. The Kier molecular flexibility index (Phi) is 4.50. The van der Waals surface area contributed by atoms with Gasteiger partial charge in [-0.25, -0.2) is 0 Å². The lowest BCUT2D eigenvalue weighted by Crippen LogP contribution is -2.25. The van der Waals surface area contributed by atoms with Crippen LogP contribution >= 0.6 is 22.9 Å². The number of benzene rings is 1. The van der Waals surface area contributed by atoms with Gasteiger partial charge in [-0.15, -0.1) is 11.3 Å². The topological polar surface area (TPSA) is 78.9 Å². The van der Waals surface area contributed by atoms with Crippen molar-refractivity contribution in [3.05, 3.63) is 50.7 Å². The smallest absolute Gasteiger partial charge is 0.269 e. The van der Waals surface area contributed by atoms with Crippen molar-refractivity contribution in [2.75, 3.05) is 11.9 Å². The van der Waals surface area contributed by atoms with Crippen molar-refractivity contribution in [1.82, 2.24) is 0 Å². The van der Waals surface area contributed by atoms with Crippen LogP contribution in [0.3, 0.4) is 0 Å². The molecule has 0 fully saturated rings. The predicted octanol–water partition coefficient (Wildman–Crippen LogP) is 3.08. The standard InChI is InChI=1S/C14H14ClN3O2S/c1-8-7-21-12(11(8)15)14(19)18(2)10-5-3-9(4-6-10)13(16)17-20/h3-7,20H,1-2H3,(H2,16,17). The molecule has 1 aromatic heterocycles. The summed E-state index contributed by atoms with van der Waals surface area (Å²) < 4.78 is 0. The molecule has 7 heteroatoms. The van der Waals surface area contributed by atoms with E-state index in [-0.39, 0.29) is 11.7 Å². The molecule has 1 amide bonds. The van der Waals surface area contributed by atoms with Gasteiger partial charge in [-0.2, -0.15) is 0 Å². The summed E-state index contributed by atoms with van der Waals surface area (Å²) in [4.78, 5) is 14.4. The van der Waals surface area contributed by atoms with Crippen molar-refractivity contribution in [2.45, 2.75) is 6.92 Å². The third-order valence-corrected chi connectivity index (χ3v) is 4.74. The maximum Gasteiger partial charge on any atom is 0.269 e. The molecule has 0 saturated carbocycles. The van der Waals surface area contributed by atoms with E-state index in [2.05, 4.69) is 5.16 Å². The van der Waals surface area contributed by atoms with Crippen molar-refractivity contribution in [1.29, 1.82) is 0 Å². The molecule has 0 radical (unpaired) electrons. The van der Waals surface area contributed by atoms with Crippen LogP contribution in [0.2, 0.25) is 5.02 Å². The quantitative estimate of drug-likeness (QED) is 0.394. The number of halogens is 1. The van der Waals surface area contributed by atoms with Gasteiger partial charge in [-0.05, 0) is 42.1 Å². The van der Waals surface area contributed by atoms with Crippen LogP contribution in [0.1, 0.15) is 20.8 Å². The van der Waals surface area contributed by atoms with Gasteiger partial charge in [0.1, 0.15) is 4.88 Å². The fourth-order valence-corrected chi connectivity index (χ4v) is 3.01. The van der Waals surface area contributed by atoms with E-state index in [4.69, 9.17) is 22.5 Å². The van der Waals surface area contributed by atoms with Crippen molar-refractivity contribution < 1.29 is 10.0 Å². The highest BCUT2D eigenvalue weighted by atomic mass is 35.5. The second kappa shape index (κ2) is 6.15. The number of aryl methyl sites for hydroxylation is 1. The fourth-order valence-electron chi connectivity index (χ4n) is 1.76. The van der Waals surface area contributed by atoms with Crippen LogP contribution in [0.5, 0.6) is 0 Å². The van der Waals surface area contributed by atoms with E-state index in [0.717, 1.165) is 5.56 Å². The number of hydrogen-bond acceptors (Lipinski definition) is 4. The minimum atomic E-state index is -0.172. The summed E-state index contributed by atoms with van der Waals surface area (Å²) in [7, 11) is 1.67. The maximum absolute atomic E-state index is 12.4. The van der Waals surface area contributed by atoms with Crippen LogP contribution in [0.4, 0.5) is 5.69 Å². The van der Waals surface area contributed by atoms with Gasteiger partial charge in [0.2, 0.25) is 0 Å². The Morgan fingerprint density at radius 1 is 1.38 bits per heavy atom. The van der Waals surface area contributed by atoms with Crippen molar-refractivity contribution in [2.24, 2.45) is 10.9 Å². The molecular formula is C14H14ClN3O2S. The molecule has 0 aliphatic carbocycles. The Balaban J connectivity index is 2.26. The molecule has 1 aromatic carbocycles. The minimum Gasteiger partial charge on any atom is -0.409 e. The number of thiophene rings is 1. The summed E-state index contributed by atoms with van der Waals surface area (Å²) >= 11 is 7.45. The lowest BCUT2D eigenvalue weighted by atomic mass is 10.2. The van der Waals surface area contributed by atoms with E-state index in [1.807, 2.05) is 12.3 Å². The van der Waals surface area contributed by atoms with E-state index in [1.165, 1.54) is 16.2 Å². The van der Waals surface area contributed by atoms with E-state index >= 15 is 0 Å². The number of rotatable bonds is 3. The third kappa shape index (κ3) is 3.01. The van der Waals surface area contributed by atoms with E-state index < -0.39 is 0 Å². The fraction of sp³-hybridized carbons (Fsp3) is 0.143. The molecule has 1 heterocycles. The number of amidine groups is 1. The van der Waals surface area contributed by atoms with Crippen LogP contribution in [0.15, 0.2) is 34.8 Å². The summed E-state index contributed by atoms with van der Waals surface area (Å²) in [5, 5.41) is 13.9. The van der Waals surface area contributed by atoms with Gasteiger partial charge >= 0.3 is 0 Å². The molecule has 5 nitrogen and oxygen atoms in total. The Hall–Kier alpha value is -2.05. The highest BCUT2D eigenvalue weighted by molar-refractivity contribution is 7.13. The van der Waals surface area contributed by atoms with Crippen molar-refractivity contribution >= 4 is 40.4 Å². The molecule has 0 unspecified atom stereocenters. The normalized spacial score (nSPS) is 11.5. The largest absolute Gasteiger partial charge is 0.409 e. The van der Waals surface area contributed by atoms with Gasteiger partial charge in [-0.1, -0.05) is 16.8 Å². The Morgan fingerprint density at radius 3 is 2.48 bits per heavy atom. The van der Waals surface area contributed by atoms with Crippen LogP contribution < -0.4 is 10.6 Å². The first kappa shape index (κ1) is 15.3. The number of carbonyl (C=O) groups excluding carboxylic acids is 1. The van der Waals surface area contributed by atoms with Gasteiger partial charge in [0.15, 0.2) is 5.84 Å². The average Bonchev–Trinajstić information content (AvgIpc) is 2.85. The summed E-state index contributed by atoms with van der Waals surface area (Å²) in [5.41, 5.74) is 7.65. The number of nitrogens with zero attached hydrogens (tertiary/aromatic N) is 2. The molecule has 110 valence electrons. The predicted molar refractivity (Wildman–Crippen MR) is 85.8 cm³/mol. The highest BCUT2D eigenvalue weighted by Gasteiger charge is 2.19. The SMILES string of the molecule is Cc1csc(C(=O)N(C)c2ccc(/C(N)=N/O)cc2)c1Cl. The number of amides is 1. The first-order chi connectivity index (χ1) is 9.95. The van der Waals surface area contributed by atoms with Crippen molar-refractivity contribution in [3.63, 3.8) is 0 Å². The third-order valence-electron chi connectivity index (χ3n) is 3.06. The van der Waals surface area contributed by atoms with Gasteiger partial charge in [0, 0.05) is 18.3 Å². The number of anilines is 1. The average molecular weight is 324 g/mol. The number of nitrogens with two attached hydrogens (primary N) is 1. The summed E-state index contributed by atoms with van der Waals surface area (Å²) in [6.45, 7) is 1.86. The minimum absolute atomic E-state index is 0.0208. The van der Waals surface area contributed by atoms with Crippen LogP contribution in [0.25, 0.3) is 0 Å². The maximum atomic E-state index is 12.4. The second-order valence-corrected chi connectivity index (χ2v) is 5.72. The van der Waals surface area contributed by atoms with Gasteiger partial charge < -0.3 is 15.8 Å². The van der Waals surface area contributed by atoms with Crippen LogP contribution in [-0.4, -0.2) is 24.0 Å². The zero-order valence-corrected chi connectivity index (χ0v) is 13.1. The molecule has 21 heavy (non-hydrogen) atoms. The number of oxime groups is 1. The molecule has 0 aliphatic heterocycles. The summed E-state index contributed by atoms with van der Waals surface area (Å²) in [5.74, 6) is -0.151. The summed E-state index contributed by atoms with van der Waals surface area (Å²) in [6, 6.07) is 6.80. The number of hydrogen-bond donors (Lipinski definition) is 2. The lowest BCUT2D eigenvalue weighted by molar-refractivity contribution is 0.0997. The first-order valence-electron chi connectivity index (χ1n) is 6.05. The summed E-state index contributed by atoms with van der Waals surface area (Å²) in [6.07, 6.45) is 0. The van der Waals surface area contributed by atoms with Gasteiger partial charge in [0.25, 0.3) is 5.91 Å². The monoisotopic (exact) mass is 323 g/mol. The number of carbonyl (C=O) groups is 1. The molecule has 0 aliphatic rings. The molecule has 3 N–H and O–H groups in total. The lowest BCUT2D eigenvalue weighted by Gasteiger charge is -2.17. The molecule has 2 rings (SSSR count). The molecule has 2 aromatic rings. The Bertz CT molecular complexity index is 695. The Labute approximate surface area is 131 Å². The zero-order chi connectivity index (χ0) is 15.6. The first-order valence-corrected chi connectivity index (χ1v) is 7.31. The van der Waals surface area contributed by atoms with E-state index in [9.17, 15) is 4.79 Å². The van der Waals surface area contributed by atoms with Crippen molar-refractivity contribution in [3.8, 4) is 0 Å². The van der Waals surface area contributed by atoms with Gasteiger partial charge in [0.05, 0.1) is 5.02 Å². The molecule has 0 atom stereocenters. The van der Waals surface area contributed by atoms with Gasteiger partial charge in [-0.3, -0.25) is 4.79 Å². The molecule has 0 spiro atoms. The Morgan fingerprint density at radius 2 is 2.00 bits per heavy atom. The molecule has 0 saturated heterocycles. The van der Waals surface area contributed by atoms with Crippen LogP contribution in [0, 0.1) is 6.92 Å². The molecular weight excluding hydrogens is 310 g/mol.